The number of hydrogen-bond acceptors (Lipinski definition) is 7. The number of hydrogen-bond donors (Lipinski definition) is 0. The highest BCUT2D eigenvalue weighted by Crippen LogP contribution is 2.15. The van der Waals surface area contributed by atoms with Crippen LogP contribution < -0.4 is 4.74 Å². The second-order valence-electron chi connectivity index (χ2n) is 5.30. The fourth-order valence-corrected chi connectivity index (χ4v) is 1.80. The standard InChI is InChI=1S/C14H17F2N5O3/c1-8(2)14(22)21(3)6-12-19-13(20-24-12)9-4-18-11(5-17-9)23-7-10(15)16/h4-5,8,10H,6-7H2,1-3H3. The summed E-state index contributed by atoms with van der Waals surface area (Å²) in [5, 5.41) is 3.76. The molecule has 2 aromatic rings. The summed E-state index contributed by atoms with van der Waals surface area (Å²) in [5.74, 6) is 0.230. The minimum atomic E-state index is -2.59. The average Bonchev–Trinajstić information content (AvgIpc) is 3.00. The van der Waals surface area contributed by atoms with E-state index in [1.807, 2.05) is 0 Å². The van der Waals surface area contributed by atoms with Crippen molar-refractivity contribution in [1.29, 1.82) is 0 Å². The molecule has 2 aromatic heterocycles. The molecular weight excluding hydrogens is 324 g/mol. The van der Waals surface area contributed by atoms with Crippen LogP contribution >= 0.6 is 0 Å². The number of alkyl halides is 2. The van der Waals surface area contributed by atoms with Crippen molar-refractivity contribution in [3.8, 4) is 17.4 Å². The summed E-state index contributed by atoms with van der Waals surface area (Å²) < 4.78 is 33.9. The third-order valence-electron chi connectivity index (χ3n) is 2.93. The fourth-order valence-electron chi connectivity index (χ4n) is 1.80. The van der Waals surface area contributed by atoms with E-state index < -0.39 is 13.0 Å². The van der Waals surface area contributed by atoms with Gasteiger partial charge in [0, 0.05) is 13.0 Å². The van der Waals surface area contributed by atoms with Crippen LogP contribution in [-0.4, -0.2) is 51.0 Å². The summed E-state index contributed by atoms with van der Waals surface area (Å²) in [5.41, 5.74) is 0.298. The predicted molar refractivity (Wildman–Crippen MR) is 78.1 cm³/mol. The zero-order chi connectivity index (χ0) is 17.7. The van der Waals surface area contributed by atoms with Crippen molar-refractivity contribution >= 4 is 5.91 Å². The first-order valence-corrected chi connectivity index (χ1v) is 7.17. The molecule has 2 rings (SSSR count). The monoisotopic (exact) mass is 341 g/mol. The molecule has 0 aliphatic carbocycles. The van der Waals surface area contributed by atoms with Crippen LogP contribution in [0.2, 0.25) is 0 Å². The van der Waals surface area contributed by atoms with Crippen LogP contribution in [0.3, 0.4) is 0 Å². The average molecular weight is 341 g/mol. The van der Waals surface area contributed by atoms with E-state index in [-0.39, 0.29) is 36.0 Å². The Morgan fingerprint density at radius 2 is 2.08 bits per heavy atom. The van der Waals surface area contributed by atoms with Gasteiger partial charge in [0.05, 0.1) is 18.9 Å². The first-order chi connectivity index (χ1) is 11.4. The van der Waals surface area contributed by atoms with Crippen molar-refractivity contribution < 1.29 is 22.8 Å². The Kier molecular flexibility index (Phi) is 5.72. The highest BCUT2D eigenvalue weighted by molar-refractivity contribution is 5.77. The minimum Gasteiger partial charge on any atom is -0.470 e. The van der Waals surface area contributed by atoms with E-state index in [0.717, 1.165) is 0 Å². The molecule has 0 aromatic carbocycles. The third-order valence-corrected chi connectivity index (χ3v) is 2.93. The van der Waals surface area contributed by atoms with Crippen molar-refractivity contribution in [1.82, 2.24) is 25.0 Å². The maximum Gasteiger partial charge on any atom is 0.272 e. The lowest BCUT2D eigenvalue weighted by molar-refractivity contribution is -0.133. The lowest BCUT2D eigenvalue weighted by Crippen LogP contribution is -2.30. The minimum absolute atomic E-state index is 0.0231. The van der Waals surface area contributed by atoms with Crippen LogP contribution in [0.15, 0.2) is 16.9 Å². The molecule has 0 atom stereocenters. The Labute approximate surface area is 136 Å². The molecule has 24 heavy (non-hydrogen) atoms. The number of amides is 1. The number of rotatable bonds is 7. The Balaban J connectivity index is 2.01. The van der Waals surface area contributed by atoms with E-state index in [1.54, 1.807) is 20.9 Å². The lowest BCUT2D eigenvalue weighted by Gasteiger charge is -2.16. The highest BCUT2D eigenvalue weighted by atomic mass is 19.3. The van der Waals surface area contributed by atoms with Gasteiger partial charge in [-0.2, -0.15) is 4.98 Å². The van der Waals surface area contributed by atoms with Crippen LogP contribution in [0, 0.1) is 5.92 Å². The molecule has 0 N–H and O–H groups in total. The van der Waals surface area contributed by atoms with Crippen molar-refractivity contribution in [3.05, 3.63) is 18.3 Å². The molecule has 0 bridgehead atoms. The smallest absolute Gasteiger partial charge is 0.272 e. The molecule has 10 heteroatoms. The summed E-state index contributed by atoms with van der Waals surface area (Å²) >= 11 is 0. The van der Waals surface area contributed by atoms with Gasteiger partial charge >= 0.3 is 0 Å². The maximum absolute atomic E-state index is 12.0. The topological polar surface area (TPSA) is 94.2 Å². The molecular formula is C14H17F2N5O3. The van der Waals surface area contributed by atoms with Gasteiger partial charge in [-0.05, 0) is 0 Å². The zero-order valence-electron chi connectivity index (χ0n) is 13.4. The van der Waals surface area contributed by atoms with Crippen molar-refractivity contribution in [2.24, 2.45) is 5.92 Å². The van der Waals surface area contributed by atoms with Gasteiger partial charge in [0.25, 0.3) is 6.43 Å². The van der Waals surface area contributed by atoms with Gasteiger partial charge in [-0.1, -0.05) is 19.0 Å². The maximum atomic E-state index is 12.0. The van der Waals surface area contributed by atoms with Crippen LogP contribution in [0.25, 0.3) is 11.5 Å². The van der Waals surface area contributed by atoms with Gasteiger partial charge in [0.1, 0.15) is 5.69 Å². The van der Waals surface area contributed by atoms with Crippen LogP contribution in [-0.2, 0) is 11.3 Å². The molecule has 0 saturated carbocycles. The molecule has 0 aliphatic rings. The van der Waals surface area contributed by atoms with Crippen molar-refractivity contribution in [2.75, 3.05) is 13.7 Å². The molecule has 8 nitrogen and oxygen atoms in total. The largest absolute Gasteiger partial charge is 0.470 e. The molecule has 0 aliphatic heterocycles. The molecule has 0 fully saturated rings. The van der Waals surface area contributed by atoms with E-state index in [2.05, 4.69) is 20.1 Å². The number of carbonyl (C=O) groups is 1. The van der Waals surface area contributed by atoms with Gasteiger partial charge in [0.2, 0.25) is 23.5 Å². The Hall–Kier alpha value is -2.65. The molecule has 2 heterocycles. The first-order valence-electron chi connectivity index (χ1n) is 7.17. The van der Waals surface area contributed by atoms with E-state index in [1.165, 1.54) is 17.3 Å². The van der Waals surface area contributed by atoms with Crippen LogP contribution in [0.4, 0.5) is 8.78 Å². The molecule has 0 unspecified atom stereocenters. The number of carbonyl (C=O) groups excluding carboxylic acids is 1. The second kappa shape index (κ2) is 7.75. The summed E-state index contributed by atoms with van der Waals surface area (Å²) in [6, 6.07) is 0. The number of halogens is 2. The fraction of sp³-hybridized carbons (Fsp3) is 0.500. The first kappa shape index (κ1) is 17.7. The zero-order valence-corrected chi connectivity index (χ0v) is 13.4. The van der Waals surface area contributed by atoms with E-state index in [9.17, 15) is 13.6 Å². The van der Waals surface area contributed by atoms with Gasteiger partial charge in [-0.25, -0.2) is 18.7 Å². The number of nitrogens with zero attached hydrogens (tertiary/aromatic N) is 5. The molecule has 0 saturated heterocycles. The van der Waals surface area contributed by atoms with E-state index >= 15 is 0 Å². The number of aromatic nitrogens is 4. The van der Waals surface area contributed by atoms with E-state index in [4.69, 9.17) is 9.26 Å². The van der Waals surface area contributed by atoms with Gasteiger partial charge in [-0.3, -0.25) is 4.79 Å². The van der Waals surface area contributed by atoms with Crippen LogP contribution in [0.5, 0.6) is 5.88 Å². The van der Waals surface area contributed by atoms with E-state index in [0.29, 0.717) is 5.69 Å². The predicted octanol–water partition coefficient (Wildman–Crippen LogP) is 1.78. The summed E-state index contributed by atoms with van der Waals surface area (Å²) in [6.07, 6.45) is -0.0996. The van der Waals surface area contributed by atoms with Gasteiger partial charge in [-0.15, -0.1) is 0 Å². The van der Waals surface area contributed by atoms with Crippen LogP contribution in [0.1, 0.15) is 19.7 Å². The molecule has 1 amide bonds. The Bertz CT molecular complexity index is 675. The SMILES string of the molecule is CC(C)C(=O)N(C)Cc1nc(-c2cnc(OCC(F)F)cn2)no1. The normalized spacial score (nSPS) is 11.1. The quantitative estimate of drug-likeness (QED) is 0.757. The summed E-state index contributed by atoms with van der Waals surface area (Å²) in [7, 11) is 1.64. The number of ether oxygens (including phenoxy) is 1. The Morgan fingerprint density at radius 1 is 1.33 bits per heavy atom. The van der Waals surface area contributed by atoms with Gasteiger partial charge < -0.3 is 14.2 Å². The molecule has 0 spiro atoms. The Morgan fingerprint density at radius 3 is 2.67 bits per heavy atom. The van der Waals surface area contributed by atoms with Crippen molar-refractivity contribution in [2.45, 2.75) is 26.8 Å². The molecule has 0 radical (unpaired) electrons. The summed E-state index contributed by atoms with van der Waals surface area (Å²) in [6.45, 7) is 3.01. The van der Waals surface area contributed by atoms with Gasteiger partial charge in [0.15, 0.2) is 6.61 Å². The third kappa shape index (κ3) is 4.67. The second-order valence-corrected chi connectivity index (χ2v) is 5.30. The summed E-state index contributed by atoms with van der Waals surface area (Å²) in [4.78, 5) is 25.3. The highest BCUT2D eigenvalue weighted by Gasteiger charge is 2.17. The molecule has 130 valence electrons. The van der Waals surface area contributed by atoms with Crippen molar-refractivity contribution in [3.63, 3.8) is 0 Å². The lowest BCUT2D eigenvalue weighted by atomic mass is 10.2.